The summed E-state index contributed by atoms with van der Waals surface area (Å²) in [6.45, 7) is -0.293. The zero-order valence-electron chi connectivity index (χ0n) is 11.0. The number of carboxylic acid groups (broad SMARTS) is 1. The minimum Gasteiger partial charge on any atom is -0.489 e. The van der Waals surface area contributed by atoms with E-state index in [0.717, 1.165) is 30.3 Å². The second-order valence-electron chi connectivity index (χ2n) is 4.39. The molecule has 0 saturated carbocycles. The molecule has 0 aliphatic rings. The second-order valence-corrected chi connectivity index (χ2v) is 4.39. The fraction of sp³-hybridized carbons (Fsp3) is 0.133. The molecule has 0 amide bonds. The molecule has 0 heterocycles. The summed E-state index contributed by atoms with van der Waals surface area (Å²) < 4.78 is 56.2. The molecule has 0 saturated heterocycles. The molecule has 0 aliphatic carbocycles. The third-order valence-electron chi connectivity index (χ3n) is 2.89. The van der Waals surface area contributed by atoms with Gasteiger partial charge in [-0.1, -0.05) is 12.1 Å². The summed E-state index contributed by atoms with van der Waals surface area (Å²) in [7, 11) is 0. The molecule has 0 radical (unpaired) electrons. The highest BCUT2D eigenvalue weighted by Crippen LogP contribution is 2.30. The van der Waals surface area contributed by atoms with Gasteiger partial charge < -0.3 is 9.84 Å². The maximum Gasteiger partial charge on any atom is 0.416 e. The summed E-state index contributed by atoms with van der Waals surface area (Å²) in [6, 6.07) is 7.73. The lowest BCUT2D eigenvalue weighted by molar-refractivity contribution is -0.137. The van der Waals surface area contributed by atoms with Gasteiger partial charge in [0.1, 0.15) is 18.2 Å². The predicted molar refractivity (Wildman–Crippen MR) is 69.1 cm³/mol. The van der Waals surface area contributed by atoms with Crippen LogP contribution in [-0.4, -0.2) is 11.1 Å². The molecule has 7 heteroatoms. The van der Waals surface area contributed by atoms with Crippen LogP contribution in [0.3, 0.4) is 0 Å². The van der Waals surface area contributed by atoms with Crippen LogP contribution >= 0.6 is 0 Å². The average Bonchev–Trinajstić information content (AvgIpc) is 2.45. The first-order chi connectivity index (χ1) is 10.3. The Kier molecular flexibility index (Phi) is 4.35. The lowest BCUT2D eigenvalue weighted by Gasteiger charge is -2.10. The summed E-state index contributed by atoms with van der Waals surface area (Å²) in [5.74, 6) is -2.22. The van der Waals surface area contributed by atoms with Gasteiger partial charge in [0.25, 0.3) is 0 Å². The van der Waals surface area contributed by atoms with Gasteiger partial charge in [0.15, 0.2) is 0 Å². The summed E-state index contributed by atoms with van der Waals surface area (Å²) in [4.78, 5) is 10.8. The van der Waals surface area contributed by atoms with Crippen LogP contribution in [0, 0.1) is 5.82 Å². The van der Waals surface area contributed by atoms with Crippen LogP contribution in [0.25, 0.3) is 0 Å². The lowest BCUT2D eigenvalue weighted by Crippen LogP contribution is -2.06. The largest absolute Gasteiger partial charge is 0.489 e. The first-order valence-corrected chi connectivity index (χ1v) is 6.10. The fourth-order valence-electron chi connectivity index (χ4n) is 1.76. The number of aromatic carboxylic acids is 1. The first-order valence-electron chi connectivity index (χ1n) is 6.10. The van der Waals surface area contributed by atoms with E-state index in [1.165, 1.54) is 12.1 Å². The molecular weight excluding hydrogens is 304 g/mol. The Bertz CT molecular complexity index is 678. The molecule has 0 unspecified atom stereocenters. The van der Waals surface area contributed by atoms with Crippen LogP contribution in [-0.2, 0) is 12.8 Å². The Hall–Kier alpha value is -2.57. The minimum atomic E-state index is -4.44. The van der Waals surface area contributed by atoms with Crippen molar-refractivity contribution in [2.75, 3.05) is 0 Å². The van der Waals surface area contributed by atoms with Crippen LogP contribution in [0.2, 0.25) is 0 Å². The van der Waals surface area contributed by atoms with E-state index in [1.54, 1.807) is 0 Å². The number of ether oxygens (including phenoxy) is 1. The normalized spacial score (nSPS) is 11.3. The lowest BCUT2D eigenvalue weighted by atomic mass is 10.1. The third-order valence-corrected chi connectivity index (χ3v) is 2.89. The van der Waals surface area contributed by atoms with Crippen molar-refractivity contribution in [3.63, 3.8) is 0 Å². The van der Waals surface area contributed by atoms with Gasteiger partial charge in [0.05, 0.1) is 11.1 Å². The van der Waals surface area contributed by atoms with Crippen LogP contribution < -0.4 is 4.74 Å². The fourth-order valence-corrected chi connectivity index (χ4v) is 1.76. The smallest absolute Gasteiger partial charge is 0.416 e. The van der Waals surface area contributed by atoms with Gasteiger partial charge in [0.2, 0.25) is 0 Å². The Morgan fingerprint density at radius 2 is 1.73 bits per heavy atom. The molecular formula is C15H10F4O3. The zero-order valence-corrected chi connectivity index (χ0v) is 11.0. The summed E-state index contributed by atoms with van der Waals surface area (Å²) in [5.41, 5.74) is -1.31. The van der Waals surface area contributed by atoms with Crippen LogP contribution in [0.1, 0.15) is 21.5 Å². The van der Waals surface area contributed by atoms with Gasteiger partial charge in [-0.3, -0.25) is 0 Å². The van der Waals surface area contributed by atoms with Crippen LogP contribution in [0.4, 0.5) is 17.6 Å². The molecule has 116 valence electrons. The van der Waals surface area contributed by atoms with Gasteiger partial charge >= 0.3 is 12.1 Å². The van der Waals surface area contributed by atoms with E-state index in [0.29, 0.717) is 0 Å². The van der Waals surface area contributed by atoms with E-state index in [-0.39, 0.29) is 17.9 Å². The summed E-state index contributed by atoms with van der Waals surface area (Å²) in [6.07, 6.45) is -4.44. The number of carbonyl (C=O) groups is 1. The molecule has 0 spiro atoms. The monoisotopic (exact) mass is 314 g/mol. The van der Waals surface area contributed by atoms with E-state index in [4.69, 9.17) is 9.84 Å². The molecule has 2 rings (SSSR count). The number of hydrogen-bond donors (Lipinski definition) is 1. The molecule has 0 atom stereocenters. The van der Waals surface area contributed by atoms with Crippen molar-refractivity contribution in [2.45, 2.75) is 12.8 Å². The highest BCUT2D eigenvalue weighted by Gasteiger charge is 2.30. The molecule has 0 aliphatic heterocycles. The quantitative estimate of drug-likeness (QED) is 0.864. The zero-order chi connectivity index (χ0) is 16.3. The number of halogens is 4. The number of rotatable bonds is 4. The van der Waals surface area contributed by atoms with E-state index in [2.05, 4.69) is 0 Å². The van der Waals surface area contributed by atoms with Crippen molar-refractivity contribution >= 4 is 5.97 Å². The van der Waals surface area contributed by atoms with Gasteiger partial charge in [-0.25, -0.2) is 9.18 Å². The highest BCUT2D eigenvalue weighted by atomic mass is 19.4. The Morgan fingerprint density at radius 1 is 1.09 bits per heavy atom. The Labute approximate surface area is 122 Å². The average molecular weight is 314 g/mol. The van der Waals surface area contributed by atoms with Crippen LogP contribution in [0.15, 0.2) is 42.5 Å². The van der Waals surface area contributed by atoms with Crippen molar-refractivity contribution < 1.29 is 32.2 Å². The third kappa shape index (κ3) is 3.55. The Morgan fingerprint density at radius 3 is 2.27 bits per heavy atom. The van der Waals surface area contributed by atoms with E-state index < -0.39 is 29.1 Å². The van der Waals surface area contributed by atoms with E-state index in [1.807, 2.05) is 0 Å². The topological polar surface area (TPSA) is 46.5 Å². The molecule has 2 aromatic carbocycles. The van der Waals surface area contributed by atoms with Gasteiger partial charge in [-0.05, 0) is 30.3 Å². The van der Waals surface area contributed by atoms with Crippen molar-refractivity contribution in [3.05, 3.63) is 65.0 Å². The molecule has 1 N–H and O–H groups in total. The second kappa shape index (κ2) is 6.05. The van der Waals surface area contributed by atoms with Gasteiger partial charge in [-0.15, -0.1) is 0 Å². The maximum absolute atomic E-state index is 13.8. The number of carboxylic acids is 1. The van der Waals surface area contributed by atoms with Crippen LogP contribution in [0.5, 0.6) is 5.75 Å². The maximum atomic E-state index is 13.8. The predicted octanol–water partition coefficient (Wildman–Crippen LogP) is 4.12. The number of hydrogen-bond acceptors (Lipinski definition) is 2. The minimum absolute atomic E-state index is 0.000187. The molecule has 0 bridgehead atoms. The van der Waals surface area contributed by atoms with Gasteiger partial charge in [-0.2, -0.15) is 13.2 Å². The van der Waals surface area contributed by atoms with Crippen molar-refractivity contribution in [3.8, 4) is 5.75 Å². The summed E-state index contributed by atoms with van der Waals surface area (Å²) >= 11 is 0. The number of alkyl halides is 3. The highest BCUT2D eigenvalue weighted by molar-refractivity contribution is 5.88. The standard InChI is InChI=1S/C15H10F4O3/c16-13-9(2-1-3-12(13)14(20)21)8-22-11-6-4-10(5-7-11)15(17,18)19/h1-7H,8H2,(H,20,21). The first kappa shape index (κ1) is 15.8. The van der Waals surface area contributed by atoms with Crippen molar-refractivity contribution in [1.29, 1.82) is 0 Å². The summed E-state index contributed by atoms with van der Waals surface area (Å²) in [5, 5.41) is 8.79. The van der Waals surface area contributed by atoms with Gasteiger partial charge in [0, 0.05) is 5.56 Å². The number of benzene rings is 2. The van der Waals surface area contributed by atoms with E-state index >= 15 is 0 Å². The molecule has 3 nitrogen and oxygen atoms in total. The van der Waals surface area contributed by atoms with E-state index in [9.17, 15) is 22.4 Å². The SMILES string of the molecule is O=C(O)c1cccc(COc2ccc(C(F)(F)F)cc2)c1F. The van der Waals surface area contributed by atoms with Crippen molar-refractivity contribution in [1.82, 2.24) is 0 Å². The molecule has 22 heavy (non-hydrogen) atoms. The molecule has 0 aromatic heterocycles. The molecule has 2 aromatic rings. The molecule has 0 fully saturated rings. The Balaban J connectivity index is 2.11. The van der Waals surface area contributed by atoms with Crippen molar-refractivity contribution in [2.24, 2.45) is 0 Å².